The van der Waals surface area contributed by atoms with Gasteiger partial charge in [0.15, 0.2) is 5.82 Å². The Morgan fingerprint density at radius 1 is 1.06 bits per heavy atom. The number of aliphatic hydroxyl groups is 1. The van der Waals surface area contributed by atoms with Crippen LogP contribution in [0, 0.1) is 0 Å². The smallest absolute Gasteiger partial charge is 0.406 e. The quantitative estimate of drug-likeness (QED) is 0.712. The van der Waals surface area contributed by atoms with Gasteiger partial charge in [0.25, 0.3) is 0 Å². The molecule has 0 bridgehead atoms. The standard InChI is InChI=1S/C23H27F3N4O4/c24-23(25,26)33-19-3-1-2-15(11-19)16-10-17(21-27-20(28-34-21)14-4-5-14)13-30(12-16)22(32)29-8-6-18(31)7-9-29/h1-3,11,14,16-18,31H,4-10,12-13H2. The van der Waals surface area contributed by atoms with E-state index < -0.39 is 12.5 Å². The number of benzene rings is 1. The van der Waals surface area contributed by atoms with Crippen LogP contribution in [0.25, 0.3) is 0 Å². The van der Waals surface area contributed by atoms with Crippen LogP contribution in [-0.2, 0) is 0 Å². The van der Waals surface area contributed by atoms with Crippen molar-refractivity contribution in [3.63, 3.8) is 0 Å². The maximum absolute atomic E-state index is 13.3. The van der Waals surface area contributed by atoms with E-state index in [0.717, 1.165) is 12.8 Å². The van der Waals surface area contributed by atoms with Crippen molar-refractivity contribution in [2.45, 2.75) is 62.3 Å². The number of aliphatic hydroxyl groups excluding tert-OH is 1. The van der Waals surface area contributed by atoms with Gasteiger partial charge in [0.2, 0.25) is 5.89 Å². The number of likely N-dealkylation sites (tertiary alicyclic amines) is 2. The summed E-state index contributed by atoms with van der Waals surface area (Å²) >= 11 is 0. The molecule has 2 aromatic rings. The molecular weight excluding hydrogens is 453 g/mol. The molecule has 1 saturated carbocycles. The van der Waals surface area contributed by atoms with E-state index in [1.807, 2.05) is 0 Å². The average Bonchev–Trinajstić information content (AvgIpc) is 3.54. The first-order valence-corrected chi connectivity index (χ1v) is 11.7. The van der Waals surface area contributed by atoms with Crippen LogP contribution >= 0.6 is 0 Å². The normalized spacial score (nSPS) is 24.4. The number of hydrogen-bond acceptors (Lipinski definition) is 6. The molecule has 2 atom stereocenters. The number of halogens is 3. The highest BCUT2D eigenvalue weighted by molar-refractivity contribution is 5.75. The van der Waals surface area contributed by atoms with Gasteiger partial charge in [0, 0.05) is 38.0 Å². The molecule has 8 nitrogen and oxygen atoms in total. The van der Waals surface area contributed by atoms with Crippen LogP contribution in [0.5, 0.6) is 5.75 Å². The van der Waals surface area contributed by atoms with Crippen LogP contribution in [0.2, 0.25) is 0 Å². The fourth-order valence-corrected chi connectivity index (χ4v) is 4.82. The zero-order valence-electron chi connectivity index (χ0n) is 18.6. The number of rotatable bonds is 4. The van der Waals surface area contributed by atoms with Gasteiger partial charge >= 0.3 is 12.4 Å². The maximum atomic E-state index is 13.3. The predicted octanol–water partition coefficient (Wildman–Crippen LogP) is 4.00. The molecule has 0 radical (unpaired) electrons. The molecule has 2 amide bonds. The first-order chi connectivity index (χ1) is 16.2. The zero-order valence-corrected chi connectivity index (χ0v) is 18.6. The summed E-state index contributed by atoms with van der Waals surface area (Å²) in [6.07, 6.45) is -1.51. The Hall–Kier alpha value is -2.82. The summed E-state index contributed by atoms with van der Waals surface area (Å²) < 4.78 is 47.9. The van der Waals surface area contributed by atoms with Gasteiger partial charge in [-0.05, 0) is 49.8 Å². The van der Waals surface area contributed by atoms with E-state index >= 15 is 0 Å². The lowest BCUT2D eigenvalue weighted by Crippen LogP contribution is -2.51. The molecule has 3 heterocycles. The number of alkyl halides is 3. The van der Waals surface area contributed by atoms with Crippen molar-refractivity contribution in [2.75, 3.05) is 26.2 Å². The molecule has 3 aliphatic rings. The van der Waals surface area contributed by atoms with Gasteiger partial charge in [-0.3, -0.25) is 0 Å². The van der Waals surface area contributed by atoms with Crippen LogP contribution in [0.3, 0.4) is 0 Å². The molecule has 1 aromatic carbocycles. The summed E-state index contributed by atoms with van der Waals surface area (Å²) in [5.41, 5.74) is 0.653. The summed E-state index contributed by atoms with van der Waals surface area (Å²) in [6.45, 7) is 1.67. The molecular formula is C23H27F3N4O4. The molecule has 1 aromatic heterocycles. The molecule has 34 heavy (non-hydrogen) atoms. The maximum Gasteiger partial charge on any atom is 0.573 e. The summed E-state index contributed by atoms with van der Waals surface area (Å²) in [5, 5.41) is 13.9. The summed E-state index contributed by atoms with van der Waals surface area (Å²) in [5.74, 6) is 0.715. The van der Waals surface area contributed by atoms with Gasteiger partial charge in [-0.2, -0.15) is 4.98 Å². The van der Waals surface area contributed by atoms with Gasteiger partial charge < -0.3 is 24.2 Å². The predicted molar refractivity (Wildman–Crippen MR) is 113 cm³/mol. The van der Waals surface area contributed by atoms with E-state index in [9.17, 15) is 23.1 Å². The van der Waals surface area contributed by atoms with Crippen molar-refractivity contribution in [1.29, 1.82) is 0 Å². The first kappa shape index (κ1) is 22.9. The van der Waals surface area contributed by atoms with E-state index in [1.165, 1.54) is 18.2 Å². The van der Waals surface area contributed by atoms with E-state index in [2.05, 4.69) is 14.9 Å². The van der Waals surface area contributed by atoms with Crippen molar-refractivity contribution in [3.8, 4) is 5.75 Å². The Labute approximate surface area is 194 Å². The highest BCUT2D eigenvalue weighted by Gasteiger charge is 2.38. The molecule has 1 aliphatic carbocycles. The van der Waals surface area contributed by atoms with Crippen molar-refractivity contribution >= 4 is 6.03 Å². The number of hydrogen-bond donors (Lipinski definition) is 1. The van der Waals surface area contributed by atoms with Gasteiger partial charge in [0.05, 0.1) is 12.0 Å². The number of piperidine rings is 2. The summed E-state index contributed by atoms with van der Waals surface area (Å²) in [4.78, 5) is 21.3. The second-order valence-electron chi connectivity index (χ2n) is 9.42. The lowest BCUT2D eigenvalue weighted by Gasteiger charge is -2.40. The monoisotopic (exact) mass is 480 g/mol. The van der Waals surface area contributed by atoms with E-state index in [1.54, 1.807) is 15.9 Å². The SMILES string of the molecule is O=C(N1CCC(O)CC1)N1CC(c2cccc(OC(F)(F)F)c2)CC(c2nc(C3CC3)no2)C1. The molecule has 0 spiro atoms. The lowest BCUT2D eigenvalue weighted by molar-refractivity contribution is -0.274. The van der Waals surface area contributed by atoms with E-state index in [0.29, 0.717) is 68.6 Å². The Bertz CT molecular complexity index is 1020. The van der Waals surface area contributed by atoms with E-state index in [-0.39, 0.29) is 23.6 Å². The van der Waals surface area contributed by atoms with Crippen LogP contribution in [0.4, 0.5) is 18.0 Å². The fourth-order valence-electron chi connectivity index (χ4n) is 4.82. The second-order valence-corrected chi connectivity index (χ2v) is 9.42. The average molecular weight is 480 g/mol. The minimum atomic E-state index is -4.78. The van der Waals surface area contributed by atoms with Crippen LogP contribution in [-0.4, -0.2) is 69.7 Å². The molecule has 5 rings (SSSR count). The molecule has 2 aliphatic heterocycles. The van der Waals surface area contributed by atoms with Crippen molar-refractivity contribution < 1.29 is 32.3 Å². The number of aromatic nitrogens is 2. The minimum Gasteiger partial charge on any atom is -0.406 e. The fraction of sp³-hybridized carbons (Fsp3) is 0.609. The Balaban J connectivity index is 1.39. The molecule has 2 saturated heterocycles. The third kappa shape index (κ3) is 5.29. The Kier molecular flexibility index (Phi) is 6.13. The van der Waals surface area contributed by atoms with Crippen molar-refractivity contribution in [3.05, 3.63) is 41.5 Å². The Morgan fingerprint density at radius 2 is 1.79 bits per heavy atom. The Morgan fingerprint density at radius 3 is 2.50 bits per heavy atom. The number of carbonyl (C=O) groups excluding carboxylic acids is 1. The number of ether oxygens (including phenoxy) is 1. The van der Waals surface area contributed by atoms with Gasteiger partial charge in [0.1, 0.15) is 5.75 Å². The van der Waals surface area contributed by atoms with Gasteiger partial charge in [-0.15, -0.1) is 13.2 Å². The lowest BCUT2D eigenvalue weighted by atomic mass is 9.84. The van der Waals surface area contributed by atoms with Crippen molar-refractivity contribution in [1.82, 2.24) is 19.9 Å². The summed E-state index contributed by atoms with van der Waals surface area (Å²) in [6, 6.07) is 5.77. The van der Waals surface area contributed by atoms with Crippen LogP contribution in [0.15, 0.2) is 28.8 Å². The number of amides is 2. The molecule has 1 N–H and O–H groups in total. The zero-order chi connectivity index (χ0) is 23.9. The highest BCUT2D eigenvalue weighted by atomic mass is 19.4. The number of urea groups is 1. The number of nitrogens with zero attached hydrogens (tertiary/aromatic N) is 4. The van der Waals surface area contributed by atoms with Crippen LogP contribution < -0.4 is 4.74 Å². The molecule has 3 fully saturated rings. The topological polar surface area (TPSA) is 91.9 Å². The van der Waals surface area contributed by atoms with E-state index in [4.69, 9.17) is 4.52 Å². The summed E-state index contributed by atoms with van der Waals surface area (Å²) in [7, 11) is 0. The minimum absolute atomic E-state index is 0.147. The third-order valence-electron chi connectivity index (χ3n) is 6.77. The number of carbonyl (C=O) groups is 1. The molecule has 11 heteroatoms. The largest absolute Gasteiger partial charge is 0.573 e. The van der Waals surface area contributed by atoms with Gasteiger partial charge in [-0.25, -0.2) is 4.79 Å². The molecule has 2 unspecified atom stereocenters. The highest BCUT2D eigenvalue weighted by Crippen LogP contribution is 2.41. The van der Waals surface area contributed by atoms with Gasteiger partial charge in [-0.1, -0.05) is 17.3 Å². The molecule has 184 valence electrons. The van der Waals surface area contributed by atoms with Crippen molar-refractivity contribution in [2.24, 2.45) is 0 Å². The van der Waals surface area contributed by atoms with Crippen LogP contribution in [0.1, 0.15) is 67.1 Å². The second kappa shape index (κ2) is 9.09. The first-order valence-electron chi connectivity index (χ1n) is 11.7. The third-order valence-corrected chi connectivity index (χ3v) is 6.77.